The SMILES string of the molecule is COc1ccc(C(=O)NCC2CC3CCN2CC3c2cc(-c3ccccc3Br)nc(C)n2)cc1. The largest absolute Gasteiger partial charge is 0.497 e. The average Bonchev–Trinajstić information content (AvgIpc) is 2.87. The summed E-state index contributed by atoms with van der Waals surface area (Å²) in [5.41, 5.74) is 3.85. The highest BCUT2D eigenvalue weighted by Gasteiger charge is 2.41. The number of methoxy groups -OCH3 is 1. The molecule has 4 atom stereocenters. The van der Waals surface area contributed by atoms with Crippen LogP contribution in [0.5, 0.6) is 5.75 Å². The van der Waals surface area contributed by atoms with E-state index < -0.39 is 0 Å². The molecule has 3 saturated heterocycles. The molecule has 6 nitrogen and oxygen atoms in total. The van der Waals surface area contributed by atoms with Gasteiger partial charge in [-0.05, 0) is 68.6 Å². The first-order valence-electron chi connectivity index (χ1n) is 11.8. The van der Waals surface area contributed by atoms with Gasteiger partial charge < -0.3 is 10.1 Å². The van der Waals surface area contributed by atoms with Crippen LogP contribution in [0.15, 0.2) is 59.1 Å². The van der Waals surface area contributed by atoms with E-state index in [1.165, 1.54) is 6.42 Å². The van der Waals surface area contributed by atoms with Gasteiger partial charge in [-0.1, -0.05) is 34.1 Å². The van der Waals surface area contributed by atoms with Crippen LogP contribution in [-0.4, -0.2) is 53.6 Å². The molecule has 4 heterocycles. The molecule has 1 aromatic heterocycles. The van der Waals surface area contributed by atoms with Gasteiger partial charge in [-0.2, -0.15) is 0 Å². The molecule has 3 aliphatic heterocycles. The second-order valence-corrected chi connectivity index (χ2v) is 10.0. The smallest absolute Gasteiger partial charge is 0.251 e. The number of fused-ring (bicyclic) bond motifs is 3. The van der Waals surface area contributed by atoms with E-state index in [1.807, 2.05) is 37.3 Å². The summed E-state index contributed by atoms with van der Waals surface area (Å²) in [6, 6.07) is 18.0. The van der Waals surface area contributed by atoms with Crippen molar-refractivity contribution in [3.8, 4) is 17.0 Å². The number of nitrogens with zero attached hydrogens (tertiary/aromatic N) is 3. The molecule has 3 aromatic rings. The quantitative estimate of drug-likeness (QED) is 0.504. The number of ether oxygens (including phenoxy) is 1. The number of hydrogen-bond donors (Lipinski definition) is 1. The number of amides is 1. The minimum absolute atomic E-state index is 0.0358. The number of nitrogens with one attached hydrogen (secondary N) is 1. The van der Waals surface area contributed by atoms with Gasteiger partial charge >= 0.3 is 0 Å². The monoisotopic (exact) mass is 520 g/mol. The number of carbonyl (C=O) groups excluding carboxylic acids is 1. The summed E-state index contributed by atoms with van der Waals surface area (Å²) in [6.07, 6.45) is 2.24. The van der Waals surface area contributed by atoms with Crippen molar-refractivity contribution >= 4 is 21.8 Å². The molecule has 0 saturated carbocycles. The van der Waals surface area contributed by atoms with Crippen molar-refractivity contribution in [2.75, 3.05) is 26.7 Å². The van der Waals surface area contributed by atoms with Gasteiger partial charge in [0.1, 0.15) is 11.6 Å². The lowest BCUT2D eigenvalue weighted by atomic mass is 9.74. The molecule has 4 unspecified atom stereocenters. The average molecular weight is 521 g/mol. The molecular weight excluding hydrogens is 492 g/mol. The molecule has 2 bridgehead atoms. The minimum atomic E-state index is -0.0358. The van der Waals surface area contributed by atoms with Crippen LogP contribution in [-0.2, 0) is 0 Å². The molecule has 0 aliphatic carbocycles. The Morgan fingerprint density at radius 2 is 1.97 bits per heavy atom. The molecular formula is C27H29BrN4O2. The first kappa shape index (κ1) is 23.0. The highest BCUT2D eigenvalue weighted by molar-refractivity contribution is 9.10. The van der Waals surface area contributed by atoms with Crippen molar-refractivity contribution in [1.82, 2.24) is 20.2 Å². The van der Waals surface area contributed by atoms with Crippen LogP contribution in [0.25, 0.3) is 11.3 Å². The molecule has 3 fully saturated rings. The number of halogens is 1. The first-order valence-corrected chi connectivity index (χ1v) is 12.6. The van der Waals surface area contributed by atoms with Crippen LogP contribution < -0.4 is 10.1 Å². The van der Waals surface area contributed by atoms with Crippen molar-refractivity contribution in [2.45, 2.75) is 31.7 Å². The zero-order valence-corrected chi connectivity index (χ0v) is 21.1. The highest BCUT2D eigenvalue weighted by atomic mass is 79.9. The zero-order chi connectivity index (χ0) is 23.7. The van der Waals surface area contributed by atoms with E-state index in [2.05, 4.69) is 38.3 Å². The number of hydrogen-bond acceptors (Lipinski definition) is 5. The molecule has 2 aromatic carbocycles. The second kappa shape index (κ2) is 9.84. The Kier molecular flexibility index (Phi) is 6.66. The third kappa shape index (κ3) is 4.72. The topological polar surface area (TPSA) is 67.3 Å². The van der Waals surface area contributed by atoms with E-state index >= 15 is 0 Å². The Labute approximate surface area is 208 Å². The van der Waals surface area contributed by atoms with E-state index in [1.54, 1.807) is 19.2 Å². The van der Waals surface area contributed by atoms with Crippen LogP contribution in [0.1, 0.15) is 40.6 Å². The third-order valence-electron chi connectivity index (χ3n) is 7.12. The van der Waals surface area contributed by atoms with E-state index in [-0.39, 0.29) is 5.91 Å². The standard InChI is InChI=1S/C27H29BrN4O2/c1-17-30-25(22-5-3-4-6-24(22)28)14-26(31-17)23-16-32-12-11-19(23)13-20(32)15-29-27(33)18-7-9-21(34-2)10-8-18/h3-10,14,19-20,23H,11-13,15-16H2,1-2H3,(H,29,33). The van der Waals surface area contributed by atoms with Crippen LogP contribution in [0.3, 0.4) is 0 Å². The van der Waals surface area contributed by atoms with Crippen molar-refractivity contribution in [3.63, 3.8) is 0 Å². The zero-order valence-electron chi connectivity index (χ0n) is 19.5. The fourth-order valence-corrected chi connectivity index (χ4v) is 5.82. The molecule has 1 N–H and O–H groups in total. The van der Waals surface area contributed by atoms with E-state index in [0.717, 1.165) is 52.5 Å². The lowest BCUT2D eigenvalue weighted by molar-refractivity contribution is 0.0290. The van der Waals surface area contributed by atoms with Gasteiger partial charge in [0, 0.05) is 46.3 Å². The maximum atomic E-state index is 12.6. The van der Waals surface area contributed by atoms with Crippen molar-refractivity contribution < 1.29 is 9.53 Å². The van der Waals surface area contributed by atoms with Crippen LogP contribution in [0.4, 0.5) is 0 Å². The van der Waals surface area contributed by atoms with Crippen LogP contribution >= 0.6 is 15.9 Å². The highest BCUT2D eigenvalue weighted by Crippen LogP contribution is 2.42. The van der Waals surface area contributed by atoms with Crippen LogP contribution in [0.2, 0.25) is 0 Å². The predicted molar refractivity (Wildman–Crippen MR) is 136 cm³/mol. The van der Waals surface area contributed by atoms with Crippen molar-refractivity contribution in [3.05, 3.63) is 76.2 Å². The van der Waals surface area contributed by atoms with Crippen molar-refractivity contribution in [1.29, 1.82) is 0 Å². The number of carbonyl (C=O) groups is 1. The maximum absolute atomic E-state index is 12.6. The van der Waals surface area contributed by atoms with Gasteiger partial charge in [-0.3, -0.25) is 9.69 Å². The minimum Gasteiger partial charge on any atom is -0.497 e. The van der Waals surface area contributed by atoms with Gasteiger partial charge in [0.15, 0.2) is 0 Å². The molecule has 1 amide bonds. The summed E-state index contributed by atoms with van der Waals surface area (Å²) in [4.78, 5) is 24.7. The Bertz CT molecular complexity index is 1180. The summed E-state index contributed by atoms with van der Waals surface area (Å²) in [5, 5.41) is 3.14. The van der Waals surface area contributed by atoms with Gasteiger partial charge in [-0.25, -0.2) is 9.97 Å². The van der Waals surface area contributed by atoms with Gasteiger partial charge in [-0.15, -0.1) is 0 Å². The lowest BCUT2D eigenvalue weighted by Gasteiger charge is -2.49. The molecule has 0 radical (unpaired) electrons. The Balaban J connectivity index is 1.27. The first-order chi connectivity index (χ1) is 16.5. The third-order valence-corrected chi connectivity index (χ3v) is 7.81. The fraction of sp³-hybridized carbons (Fsp3) is 0.370. The molecule has 7 heteroatoms. The Morgan fingerprint density at radius 1 is 1.18 bits per heavy atom. The lowest BCUT2D eigenvalue weighted by Crippen LogP contribution is -2.56. The number of benzene rings is 2. The molecule has 176 valence electrons. The summed E-state index contributed by atoms with van der Waals surface area (Å²) in [5.74, 6) is 2.48. The number of aromatic nitrogens is 2. The normalized spacial score (nSPS) is 23.5. The second-order valence-electron chi connectivity index (χ2n) is 9.18. The summed E-state index contributed by atoms with van der Waals surface area (Å²) in [7, 11) is 1.62. The molecule has 6 rings (SSSR count). The Morgan fingerprint density at radius 3 is 2.68 bits per heavy atom. The maximum Gasteiger partial charge on any atom is 0.251 e. The van der Waals surface area contributed by atoms with Gasteiger partial charge in [0.2, 0.25) is 0 Å². The van der Waals surface area contributed by atoms with E-state index in [4.69, 9.17) is 14.7 Å². The summed E-state index contributed by atoms with van der Waals surface area (Å²) in [6.45, 7) is 4.69. The molecule has 0 spiro atoms. The Hall–Kier alpha value is -2.77. The van der Waals surface area contributed by atoms with E-state index in [0.29, 0.717) is 30.0 Å². The molecule has 34 heavy (non-hydrogen) atoms. The van der Waals surface area contributed by atoms with Gasteiger partial charge in [0.25, 0.3) is 5.91 Å². The summed E-state index contributed by atoms with van der Waals surface area (Å²) < 4.78 is 6.22. The van der Waals surface area contributed by atoms with E-state index in [9.17, 15) is 4.79 Å². The predicted octanol–water partition coefficient (Wildman–Crippen LogP) is 4.83. The van der Waals surface area contributed by atoms with Gasteiger partial charge in [0.05, 0.1) is 12.8 Å². The van der Waals surface area contributed by atoms with Crippen molar-refractivity contribution in [2.24, 2.45) is 5.92 Å². The molecule has 3 aliphatic rings. The fourth-order valence-electron chi connectivity index (χ4n) is 5.33. The summed E-state index contributed by atoms with van der Waals surface area (Å²) >= 11 is 3.66. The number of aryl methyl sites for hydroxylation is 1. The number of rotatable bonds is 6. The van der Waals surface area contributed by atoms with Crippen LogP contribution in [0, 0.1) is 12.8 Å². The number of piperidine rings is 3.